The van der Waals surface area contributed by atoms with Gasteiger partial charge in [-0.2, -0.15) is 0 Å². The Morgan fingerprint density at radius 1 is 1.27 bits per heavy atom. The third kappa shape index (κ3) is 3.68. The maximum Gasteiger partial charge on any atom is 0.227 e. The van der Waals surface area contributed by atoms with E-state index >= 15 is 0 Å². The molecule has 8 heteroatoms. The van der Waals surface area contributed by atoms with E-state index in [1.807, 2.05) is 24.3 Å². The second kappa shape index (κ2) is 8.06. The smallest absolute Gasteiger partial charge is 0.227 e. The van der Waals surface area contributed by atoms with Crippen LogP contribution in [-0.2, 0) is 16.1 Å². The molecule has 0 spiro atoms. The van der Waals surface area contributed by atoms with Crippen LogP contribution in [0.3, 0.4) is 0 Å². The summed E-state index contributed by atoms with van der Waals surface area (Å²) in [6.07, 6.45) is 0.164. The Morgan fingerprint density at radius 2 is 2.10 bits per heavy atom. The van der Waals surface area contributed by atoms with E-state index in [2.05, 4.69) is 10.3 Å². The highest BCUT2D eigenvalue weighted by Gasteiger charge is 2.35. The molecule has 1 aliphatic rings. The molecule has 156 valence electrons. The summed E-state index contributed by atoms with van der Waals surface area (Å²) in [4.78, 5) is 31.2. The van der Waals surface area contributed by atoms with Crippen LogP contribution in [0.4, 0.5) is 5.69 Å². The molecule has 1 saturated heterocycles. The fourth-order valence-electron chi connectivity index (χ4n) is 3.75. The van der Waals surface area contributed by atoms with Gasteiger partial charge in [0, 0.05) is 37.7 Å². The number of benzene rings is 2. The Labute approximate surface area is 173 Å². The highest BCUT2D eigenvalue weighted by atomic mass is 16.5. The van der Waals surface area contributed by atoms with Gasteiger partial charge in [0.25, 0.3) is 0 Å². The number of rotatable bonds is 6. The number of carbonyl (C=O) groups is 2. The number of para-hydroxylation sites is 1. The van der Waals surface area contributed by atoms with Crippen LogP contribution in [0.25, 0.3) is 11.1 Å². The Hall–Kier alpha value is -3.55. The first-order valence-electron chi connectivity index (χ1n) is 9.65. The maximum absolute atomic E-state index is 12.7. The minimum absolute atomic E-state index is 0.0892. The van der Waals surface area contributed by atoms with Crippen LogP contribution in [0.1, 0.15) is 17.9 Å². The van der Waals surface area contributed by atoms with Crippen LogP contribution >= 0.6 is 0 Å². The van der Waals surface area contributed by atoms with Gasteiger partial charge in [0.1, 0.15) is 5.52 Å². The van der Waals surface area contributed by atoms with Crippen molar-refractivity contribution in [1.29, 1.82) is 0 Å². The zero-order valence-electron chi connectivity index (χ0n) is 17.1. The van der Waals surface area contributed by atoms with Gasteiger partial charge in [0.15, 0.2) is 23.0 Å². The maximum atomic E-state index is 12.7. The lowest BCUT2D eigenvalue weighted by molar-refractivity contribution is -0.126. The van der Waals surface area contributed by atoms with Crippen molar-refractivity contribution in [2.75, 3.05) is 25.7 Å². The number of anilines is 1. The Balaban J connectivity index is 1.44. The standard InChI is InChI=1S/C22H23N3O5/c1-13-24-17-10-16(7-8-18(17)30-13)25-12-15(9-20(25)26)22(27)23-11-14-5-4-6-19(28-2)21(14)29-3/h4-8,10,15H,9,11-12H2,1-3H3,(H,23,27)/t15-/m1/s1. The normalized spacial score (nSPS) is 16.2. The van der Waals surface area contributed by atoms with E-state index in [1.54, 1.807) is 38.2 Å². The number of hydrogen-bond donors (Lipinski definition) is 1. The molecule has 1 aliphatic heterocycles. The molecule has 1 fully saturated rings. The second-order valence-electron chi connectivity index (χ2n) is 7.16. The molecule has 8 nitrogen and oxygen atoms in total. The molecule has 0 unspecified atom stereocenters. The summed E-state index contributed by atoms with van der Waals surface area (Å²) >= 11 is 0. The molecule has 2 heterocycles. The molecule has 30 heavy (non-hydrogen) atoms. The molecule has 0 bridgehead atoms. The summed E-state index contributed by atoms with van der Waals surface area (Å²) in [7, 11) is 3.13. The molecule has 0 aliphatic carbocycles. The van der Waals surface area contributed by atoms with Gasteiger partial charge in [-0.15, -0.1) is 0 Å². The Morgan fingerprint density at radius 3 is 2.87 bits per heavy atom. The minimum atomic E-state index is -0.427. The lowest BCUT2D eigenvalue weighted by atomic mass is 10.1. The number of oxazole rings is 1. The minimum Gasteiger partial charge on any atom is -0.493 e. The Bertz CT molecular complexity index is 1110. The van der Waals surface area contributed by atoms with E-state index < -0.39 is 5.92 Å². The largest absolute Gasteiger partial charge is 0.493 e. The van der Waals surface area contributed by atoms with E-state index in [0.29, 0.717) is 40.7 Å². The molecule has 1 N–H and O–H groups in total. The summed E-state index contributed by atoms with van der Waals surface area (Å²) in [6, 6.07) is 10.9. The average molecular weight is 409 g/mol. The summed E-state index contributed by atoms with van der Waals surface area (Å²) in [5, 5.41) is 2.91. The first-order chi connectivity index (χ1) is 14.5. The van der Waals surface area contributed by atoms with Gasteiger partial charge < -0.3 is 24.1 Å². The predicted molar refractivity (Wildman–Crippen MR) is 111 cm³/mol. The van der Waals surface area contributed by atoms with Gasteiger partial charge in [-0.1, -0.05) is 12.1 Å². The number of ether oxygens (including phenoxy) is 2. The lowest BCUT2D eigenvalue weighted by Gasteiger charge is -2.17. The summed E-state index contributed by atoms with van der Waals surface area (Å²) in [5.74, 6) is 1.07. The fraction of sp³-hybridized carbons (Fsp3) is 0.318. The zero-order chi connectivity index (χ0) is 21.3. The second-order valence-corrected chi connectivity index (χ2v) is 7.16. The molecule has 1 aromatic heterocycles. The van der Waals surface area contributed by atoms with Crippen LogP contribution in [0.15, 0.2) is 40.8 Å². The van der Waals surface area contributed by atoms with Crippen molar-refractivity contribution in [2.45, 2.75) is 19.9 Å². The Kier molecular flexibility index (Phi) is 5.31. The fourth-order valence-corrected chi connectivity index (χ4v) is 3.75. The number of nitrogens with zero attached hydrogens (tertiary/aromatic N) is 2. The van der Waals surface area contributed by atoms with Gasteiger partial charge in [-0.3, -0.25) is 9.59 Å². The van der Waals surface area contributed by atoms with Crippen molar-refractivity contribution >= 4 is 28.6 Å². The van der Waals surface area contributed by atoms with Crippen LogP contribution in [0.2, 0.25) is 0 Å². The molecule has 2 amide bonds. The number of fused-ring (bicyclic) bond motifs is 1. The van der Waals surface area contributed by atoms with Crippen molar-refractivity contribution in [3.63, 3.8) is 0 Å². The molecular formula is C22H23N3O5. The van der Waals surface area contributed by atoms with Gasteiger partial charge in [0.2, 0.25) is 11.8 Å². The van der Waals surface area contributed by atoms with Gasteiger partial charge >= 0.3 is 0 Å². The van der Waals surface area contributed by atoms with Gasteiger partial charge in [-0.25, -0.2) is 4.98 Å². The third-order valence-electron chi connectivity index (χ3n) is 5.22. The predicted octanol–water partition coefficient (Wildman–Crippen LogP) is 2.82. The van der Waals surface area contributed by atoms with E-state index in [-0.39, 0.29) is 24.8 Å². The van der Waals surface area contributed by atoms with Crippen LogP contribution in [0.5, 0.6) is 11.5 Å². The quantitative estimate of drug-likeness (QED) is 0.673. The molecule has 2 aromatic carbocycles. The van der Waals surface area contributed by atoms with Gasteiger partial charge in [-0.05, 0) is 24.3 Å². The number of nitrogens with one attached hydrogen (secondary N) is 1. The monoisotopic (exact) mass is 409 g/mol. The average Bonchev–Trinajstić information content (AvgIpc) is 3.32. The molecule has 0 saturated carbocycles. The highest BCUT2D eigenvalue weighted by molar-refractivity contribution is 6.01. The number of aryl methyl sites for hydroxylation is 1. The van der Waals surface area contributed by atoms with Crippen molar-refractivity contribution in [1.82, 2.24) is 10.3 Å². The summed E-state index contributed by atoms with van der Waals surface area (Å²) < 4.78 is 16.2. The van der Waals surface area contributed by atoms with Crippen molar-refractivity contribution in [3.8, 4) is 11.5 Å². The molecule has 1 atom stereocenters. The summed E-state index contributed by atoms with van der Waals surface area (Å²) in [6.45, 7) is 2.38. The SMILES string of the molecule is COc1cccc(CNC(=O)[C@@H]2CC(=O)N(c3ccc4oc(C)nc4c3)C2)c1OC. The van der Waals surface area contributed by atoms with E-state index in [1.165, 1.54) is 0 Å². The van der Waals surface area contributed by atoms with E-state index in [0.717, 1.165) is 5.56 Å². The van der Waals surface area contributed by atoms with Crippen molar-refractivity contribution in [2.24, 2.45) is 5.92 Å². The van der Waals surface area contributed by atoms with Crippen molar-refractivity contribution < 1.29 is 23.5 Å². The molecule has 4 rings (SSSR count). The van der Waals surface area contributed by atoms with E-state index in [4.69, 9.17) is 13.9 Å². The molecule has 0 radical (unpaired) electrons. The highest BCUT2D eigenvalue weighted by Crippen LogP contribution is 2.31. The lowest BCUT2D eigenvalue weighted by Crippen LogP contribution is -2.32. The zero-order valence-corrected chi connectivity index (χ0v) is 17.1. The topological polar surface area (TPSA) is 93.9 Å². The molecule has 3 aromatic rings. The van der Waals surface area contributed by atoms with Crippen molar-refractivity contribution in [3.05, 3.63) is 47.9 Å². The number of amides is 2. The number of carbonyl (C=O) groups excluding carboxylic acids is 2. The number of aromatic nitrogens is 1. The first kappa shape index (κ1) is 19.8. The van der Waals surface area contributed by atoms with E-state index in [9.17, 15) is 9.59 Å². The number of methoxy groups -OCH3 is 2. The van der Waals surface area contributed by atoms with Gasteiger partial charge in [0.05, 0.1) is 20.1 Å². The van der Waals surface area contributed by atoms with Crippen LogP contribution in [-0.4, -0.2) is 37.6 Å². The number of hydrogen-bond acceptors (Lipinski definition) is 6. The third-order valence-corrected chi connectivity index (χ3v) is 5.22. The van der Waals surface area contributed by atoms with Crippen LogP contribution in [0, 0.1) is 12.8 Å². The molecular weight excluding hydrogens is 386 g/mol. The van der Waals surface area contributed by atoms with Crippen LogP contribution < -0.4 is 19.7 Å². The first-order valence-corrected chi connectivity index (χ1v) is 9.65. The summed E-state index contributed by atoms with van der Waals surface area (Å²) in [5.41, 5.74) is 2.88.